The Hall–Kier alpha value is -2.58. The number of piperidine rings is 1. The number of carbonyl (C=O) groups is 2. The van der Waals surface area contributed by atoms with Gasteiger partial charge in [0.2, 0.25) is 0 Å². The van der Waals surface area contributed by atoms with Gasteiger partial charge in [-0.25, -0.2) is 0 Å². The van der Waals surface area contributed by atoms with Crippen LogP contribution in [0.1, 0.15) is 18.4 Å². The normalized spacial score (nSPS) is 15.0. The van der Waals surface area contributed by atoms with Crippen LogP contribution in [0.25, 0.3) is 0 Å². The summed E-state index contributed by atoms with van der Waals surface area (Å²) in [7, 11) is 3.04. The zero-order valence-corrected chi connectivity index (χ0v) is 17.6. The zero-order valence-electron chi connectivity index (χ0n) is 16.8. The molecule has 1 aromatic carbocycles. The number of methoxy groups -OCH3 is 2. The van der Waals surface area contributed by atoms with E-state index < -0.39 is 11.8 Å². The number of amides is 2. The molecule has 0 atom stereocenters. The van der Waals surface area contributed by atoms with Gasteiger partial charge in [0.05, 0.1) is 19.9 Å². The first kappa shape index (κ1) is 21.1. The summed E-state index contributed by atoms with van der Waals surface area (Å²) in [6.45, 7) is 3.49. The summed E-state index contributed by atoms with van der Waals surface area (Å²) in [5, 5.41) is 9.63. The molecule has 1 aromatic heterocycles. The fourth-order valence-corrected chi connectivity index (χ4v) is 4.06. The minimum atomic E-state index is -0.716. The summed E-state index contributed by atoms with van der Waals surface area (Å²) in [6, 6.07) is 7.18. The van der Waals surface area contributed by atoms with Gasteiger partial charge in [-0.15, -0.1) is 0 Å². The Labute approximate surface area is 175 Å². The SMILES string of the molecule is COc1ccc(OC)c(NC(=O)C(=O)NCC2CCN(Cc3ccsc3)CC2)c1. The van der Waals surface area contributed by atoms with Crippen molar-refractivity contribution in [3.05, 3.63) is 40.6 Å². The van der Waals surface area contributed by atoms with Crippen molar-refractivity contribution in [2.75, 3.05) is 39.2 Å². The summed E-state index contributed by atoms with van der Waals surface area (Å²) in [6.07, 6.45) is 2.02. The number of thiophene rings is 1. The van der Waals surface area contributed by atoms with Gasteiger partial charge in [-0.3, -0.25) is 14.5 Å². The molecule has 0 bridgehead atoms. The number of ether oxygens (including phenoxy) is 2. The lowest BCUT2D eigenvalue weighted by atomic mass is 9.96. The molecule has 0 saturated carbocycles. The molecule has 1 aliphatic heterocycles. The summed E-state index contributed by atoms with van der Waals surface area (Å²) >= 11 is 1.72. The second-order valence-corrected chi connectivity index (χ2v) is 7.86. The van der Waals surface area contributed by atoms with Crippen LogP contribution in [0.4, 0.5) is 5.69 Å². The topological polar surface area (TPSA) is 79.9 Å². The van der Waals surface area contributed by atoms with Gasteiger partial charge in [-0.2, -0.15) is 11.3 Å². The van der Waals surface area contributed by atoms with Gasteiger partial charge in [0, 0.05) is 19.2 Å². The molecule has 2 N–H and O–H groups in total. The Kier molecular flexibility index (Phi) is 7.48. The number of carbonyl (C=O) groups excluding carboxylic acids is 2. The van der Waals surface area contributed by atoms with Crippen LogP contribution in [0, 0.1) is 5.92 Å². The maximum Gasteiger partial charge on any atom is 0.313 e. The van der Waals surface area contributed by atoms with E-state index in [0.717, 1.165) is 32.5 Å². The Morgan fingerprint density at radius 2 is 1.93 bits per heavy atom. The predicted molar refractivity (Wildman–Crippen MR) is 114 cm³/mol. The molecule has 3 rings (SSSR count). The van der Waals surface area contributed by atoms with E-state index in [4.69, 9.17) is 9.47 Å². The van der Waals surface area contributed by atoms with Gasteiger partial charge in [-0.1, -0.05) is 0 Å². The molecule has 2 heterocycles. The smallest absolute Gasteiger partial charge is 0.313 e. The van der Waals surface area contributed by atoms with Crippen LogP contribution < -0.4 is 20.1 Å². The fraction of sp³-hybridized carbons (Fsp3) is 0.429. The maximum absolute atomic E-state index is 12.3. The highest BCUT2D eigenvalue weighted by atomic mass is 32.1. The molecule has 2 aromatic rings. The van der Waals surface area contributed by atoms with Crippen molar-refractivity contribution in [1.29, 1.82) is 0 Å². The molecule has 2 amide bonds. The summed E-state index contributed by atoms with van der Waals surface area (Å²) in [4.78, 5) is 26.9. The van der Waals surface area contributed by atoms with E-state index in [0.29, 0.717) is 29.6 Å². The van der Waals surface area contributed by atoms with Crippen LogP contribution in [-0.2, 0) is 16.1 Å². The molecule has 1 saturated heterocycles. The van der Waals surface area contributed by atoms with Crippen molar-refractivity contribution in [3.8, 4) is 11.5 Å². The summed E-state index contributed by atoms with van der Waals surface area (Å²) < 4.78 is 10.4. The number of likely N-dealkylation sites (tertiary alicyclic amines) is 1. The van der Waals surface area contributed by atoms with Crippen LogP contribution in [0.5, 0.6) is 11.5 Å². The van der Waals surface area contributed by atoms with Crippen molar-refractivity contribution in [2.24, 2.45) is 5.92 Å². The lowest BCUT2D eigenvalue weighted by Gasteiger charge is -2.31. The predicted octanol–water partition coefficient (Wildman–Crippen LogP) is 2.73. The second kappa shape index (κ2) is 10.3. The molecular formula is C21H27N3O4S. The van der Waals surface area contributed by atoms with Crippen molar-refractivity contribution in [1.82, 2.24) is 10.2 Å². The van der Waals surface area contributed by atoms with E-state index in [1.807, 2.05) is 0 Å². The zero-order chi connectivity index (χ0) is 20.6. The van der Waals surface area contributed by atoms with Crippen LogP contribution in [0.15, 0.2) is 35.0 Å². The van der Waals surface area contributed by atoms with Gasteiger partial charge in [0.25, 0.3) is 0 Å². The average molecular weight is 418 g/mol. The van der Waals surface area contributed by atoms with Crippen molar-refractivity contribution >= 4 is 28.8 Å². The minimum Gasteiger partial charge on any atom is -0.497 e. The molecule has 0 radical (unpaired) electrons. The van der Waals surface area contributed by atoms with Crippen molar-refractivity contribution in [3.63, 3.8) is 0 Å². The van der Waals surface area contributed by atoms with E-state index in [2.05, 4.69) is 32.4 Å². The molecule has 1 fully saturated rings. The second-order valence-electron chi connectivity index (χ2n) is 7.08. The number of hydrogen-bond acceptors (Lipinski definition) is 6. The monoisotopic (exact) mass is 417 g/mol. The van der Waals surface area contributed by atoms with Gasteiger partial charge in [0.15, 0.2) is 0 Å². The number of nitrogens with one attached hydrogen (secondary N) is 2. The van der Waals surface area contributed by atoms with Gasteiger partial charge < -0.3 is 20.1 Å². The first-order valence-corrected chi connectivity index (χ1v) is 10.6. The van der Waals surface area contributed by atoms with Crippen LogP contribution in [-0.4, -0.2) is 50.6 Å². The largest absolute Gasteiger partial charge is 0.497 e. The van der Waals surface area contributed by atoms with Gasteiger partial charge >= 0.3 is 11.8 Å². The fourth-order valence-electron chi connectivity index (χ4n) is 3.40. The Balaban J connectivity index is 1.43. The number of anilines is 1. The molecule has 0 unspecified atom stereocenters. The number of benzene rings is 1. The van der Waals surface area contributed by atoms with Crippen molar-refractivity contribution in [2.45, 2.75) is 19.4 Å². The van der Waals surface area contributed by atoms with E-state index >= 15 is 0 Å². The quantitative estimate of drug-likeness (QED) is 0.677. The van der Waals surface area contributed by atoms with Crippen LogP contribution in [0.2, 0.25) is 0 Å². The summed E-state index contributed by atoms with van der Waals surface area (Å²) in [5.74, 6) is 0.0551. The van der Waals surface area contributed by atoms with E-state index in [-0.39, 0.29) is 0 Å². The van der Waals surface area contributed by atoms with Gasteiger partial charge in [0.1, 0.15) is 11.5 Å². The van der Waals surface area contributed by atoms with Crippen molar-refractivity contribution < 1.29 is 19.1 Å². The highest BCUT2D eigenvalue weighted by Crippen LogP contribution is 2.28. The van der Waals surface area contributed by atoms with E-state index in [1.54, 1.807) is 29.5 Å². The molecule has 1 aliphatic rings. The number of rotatable bonds is 7. The van der Waals surface area contributed by atoms with Crippen LogP contribution in [0.3, 0.4) is 0 Å². The maximum atomic E-state index is 12.3. The molecule has 8 heteroatoms. The third-order valence-corrected chi connectivity index (χ3v) is 5.84. The average Bonchev–Trinajstić information content (AvgIpc) is 3.26. The molecular weight excluding hydrogens is 390 g/mol. The number of nitrogens with zero attached hydrogens (tertiary/aromatic N) is 1. The van der Waals surface area contributed by atoms with Gasteiger partial charge in [-0.05, 0) is 66.4 Å². The lowest BCUT2D eigenvalue weighted by Crippen LogP contribution is -2.41. The Morgan fingerprint density at radius 3 is 2.59 bits per heavy atom. The lowest BCUT2D eigenvalue weighted by molar-refractivity contribution is -0.136. The first-order valence-electron chi connectivity index (χ1n) is 9.63. The highest BCUT2D eigenvalue weighted by Gasteiger charge is 2.22. The Bertz CT molecular complexity index is 817. The molecule has 156 valence electrons. The molecule has 7 nitrogen and oxygen atoms in total. The number of hydrogen-bond donors (Lipinski definition) is 2. The molecule has 29 heavy (non-hydrogen) atoms. The minimum absolute atomic E-state index is 0.386. The summed E-state index contributed by atoms with van der Waals surface area (Å²) in [5.41, 5.74) is 1.75. The molecule has 0 aliphatic carbocycles. The third-order valence-electron chi connectivity index (χ3n) is 5.11. The van der Waals surface area contributed by atoms with E-state index in [1.165, 1.54) is 19.8 Å². The first-order chi connectivity index (χ1) is 14.1. The Morgan fingerprint density at radius 1 is 1.14 bits per heavy atom. The third kappa shape index (κ3) is 5.95. The highest BCUT2D eigenvalue weighted by molar-refractivity contribution is 7.07. The van der Waals surface area contributed by atoms with Crippen LogP contribution >= 0.6 is 11.3 Å². The van der Waals surface area contributed by atoms with E-state index in [9.17, 15) is 9.59 Å². The molecule has 0 spiro atoms. The standard InChI is InChI=1S/C21H27N3O4S/c1-27-17-3-4-19(28-2)18(11-17)23-21(26)20(25)22-12-15-5-8-24(9-6-15)13-16-7-10-29-14-16/h3-4,7,10-11,14-15H,5-6,8-9,12-13H2,1-2H3,(H,22,25)(H,23,26).